The predicted octanol–water partition coefficient (Wildman–Crippen LogP) is 3.14. The number of alkyl halides is 3. The Labute approximate surface area is 115 Å². The van der Waals surface area contributed by atoms with Crippen molar-refractivity contribution in [1.29, 1.82) is 0 Å². The van der Waals surface area contributed by atoms with Crippen molar-refractivity contribution in [2.24, 2.45) is 0 Å². The molecule has 0 aliphatic carbocycles. The maximum Gasteiger partial charge on any atom is 0.451 e. The van der Waals surface area contributed by atoms with Gasteiger partial charge in [0.15, 0.2) is 0 Å². The van der Waals surface area contributed by atoms with E-state index in [-0.39, 0.29) is 0 Å². The van der Waals surface area contributed by atoms with Crippen LogP contribution in [0, 0.1) is 0 Å². The van der Waals surface area contributed by atoms with E-state index in [2.05, 4.69) is 28.0 Å². The Morgan fingerprint density at radius 2 is 1.90 bits per heavy atom. The molecule has 2 aliphatic rings. The molecule has 3 nitrogen and oxygen atoms in total. The molecule has 0 amide bonds. The van der Waals surface area contributed by atoms with Gasteiger partial charge in [-0.15, -0.1) is 0 Å². The molecule has 2 aliphatic heterocycles. The van der Waals surface area contributed by atoms with E-state index in [1.165, 1.54) is 18.8 Å². The van der Waals surface area contributed by atoms with Crippen molar-refractivity contribution in [3.63, 3.8) is 0 Å². The van der Waals surface area contributed by atoms with E-state index < -0.39 is 12.0 Å². The minimum atomic E-state index is -4.48. The smallest absolute Gasteiger partial charge is 0.297 e. The van der Waals surface area contributed by atoms with E-state index in [1.807, 2.05) is 0 Å². The third-order valence-corrected chi connectivity index (χ3v) is 4.26. The highest BCUT2D eigenvalue weighted by Crippen LogP contribution is 2.36. The summed E-state index contributed by atoms with van der Waals surface area (Å²) in [6, 6.07) is 0.871. The highest BCUT2D eigenvalue weighted by molar-refractivity contribution is 5.66. The van der Waals surface area contributed by atoms with Gasteiger partial charge >= 0.3 is 6.18 Å². The average Bonchev–Trinajstić information content (AvgIpc) is 2.37. The van der Waals surface area contributed by atoms with Crippen molar-refractivity contribution in [2.75, 3.05) is 7.05 Å². The number of halogens is 3. The number of rotatable bonds is 1. The lowest BCUT2D eigenvalue weighted by atomic mass is 9.84. The number of aromatic nitrogens is 2. The summed E-state index contributed by atoms with van der Waals surface area (Å²) in [6.07, 6.45) is 4.60. The average molecular weight is 283 g/mol. The van der Waals surface area contributed by atoms with Crippen LogP contribution >= 0.6 is 0 Å². The molecule has 1 fully saturated rings. The molecule has 3 rings (SSSR count). The number of likely N-dealkylation sites (N-methyl/N-ethyl adjacent to an activating group) is 1. The molecule has 0 N–H and O–H groups in total. The minimum Gasteiger partial charge on any atom is -0.297 e. The van der Waals surface area contributed by atoms with Crippen molar-refractivity contribution >= 4 is 5.57 Å². The van der Waals surface area contributed by atoms with Gasteiger partial charge in [-0.1, -0.05) is 12.5 Å². The third kappa shape index (κ3) is 2.44. The molecule has 3 heterocycles. The minimum absolute atomic E-state index is 0.389. The number of hydrogen-bond acceptors (Lipinski definition) is 3. The molecule has 2 unspecified atom stereocenters. The Morgan fingerprint density at radius 3 is 2.50 bits per heavy atom. The van der Waals surface area contributed by atoms with Gasteiger partial charge in [0.1, 0.15) is 0 Å². The van der Waals surface area contributed by atoms with Gasteiger partial charge < -0.3 is 0 Å². The van der Waals surface area contributed by atoms with E-state index >= 15 is 0 Å². The quantitative estimate of drug-likeness (QED) is 0.793. The van der Waals surface area contributed by atoms with Gasteiger partial charge in [0.05, 0.1) is 0 Å². The largest absolute Gasteiger partial charge is 0.451 e. The fourth-order valence-electron chi connectivity index (χ4n) is 3.10. The fourth-order valence-corrected chi connectivity index (χ4v) is 3.10. The molecule has 6 heteroatoms. The monoisotopic (exact) mass is 283 g/mol. The molecule has 0 radical (unpaired) electrons. The van der Waals surface area contributed by atoms with Gasteiger partial charge in [0.25, 0.3) is 0 Å². The predicted molar refractivity (Wildman–Crippen MR) is 68.8 cm³/mol. The number of nitrogens with zero attached hydrogens (tertiary/aromatic N) is 3. The second kappa shape index (κ2) is 4.84. The van der Waals surface area contributed by atoms with Crippen molar-refractivity contribution in [1.82, 2.24) is 14.9 Å². The second-order valence-corrected chi connectivity index (χ2v) is 5.51. The Balaban J connectivity index is 1.86. The van der Waals surface area contributed by atoms with Crippen LogP contribution in [0.1, 0.15) is 37.1 Å². The number of fused-ring (bicyclic) bond motifs is 2. The van der Waals surface area contributed by atoms with Crippen LogP contribution in [-0.2, 0) is 6.18 Å². The standard InChI is InChI=1S/C14H16F3N3/c1-20-11-3-2-4-12(20)6-9(5-11)10-7-18-13(19-8-10)14(15,16)17/h5,7-8,11-12H,2-4,6H2,1H3. The topological polar surface area (TPSA) is 29.0 Å². The molecule has 108 valence electrons. The van der Waals surface area contributed by atoms with Crippen LogP contribution in [0.5, 0.6) is 0 Å². The summed E-state index contributed by atoms with van der Waals surface area (Å²) in [4.78, 5) is 9.25. The SMILES string of the molecule is CN1C2C=C(c3cnc(C(F)(F)F)nc3)CC1CCC2. The first-order chi connectivity index (χ1) is 9.45. The molecule has 0 spiro atoms. The molecular formula is C14H16F3N3. The lowest BCUT2D eigenvalue weighted by Crippen LogP contribution is -2.45. The zero-order chi connectivity index (χ0) is 14.3. The van der Waals surface area contributed by atoms with E-state index in [4.69, 9.17) is 0 Å². The van der Waals surface area contributed by atoms with Crippen LogP contribution in [0.25, 0.3) is 5.57 Å². The van der Waals surface area contributed by atoms with Crippen molar-refractivity contribution in [3.8, 4) is 0 Å². The molecule has 1 aromatic heterocycles. The van der Waals surface area contributed by atoms with Crippen LogP contribution in [-0.4, -0.2) is 34.0 Å². The van der Waals surface area contributed by atoms with E-state index in [0.717, 1.165) is 24.8 Å². The Morgan fingerprint density at radius 1 is 1.20 bits per heavy atom. The molecule has 2 atom stereocenters. The Hall–Kier alpha value is -1.43. The van der Waals surface area contributed by atoms with Crippen molar-refractivity contribution in [3.05, 3.63) is 29.9 Å². The third-order valence-electron chi connectivity index (χ3n) is 4.26. The van der Waals surface area contributed by atoms with Crippen LogP contribution in [0.4, 0.5) is 13.2 Å². The molecule has 1 saturated heterocycles. The number of piperidine rings is 1. The molecule has 0 aromatic carbocycles. The maximum absolute atomic E-state index is 12.5. The summed E-state index contributed by atoms with van der Waals surface area (Å²) in [6.45, 7) is 0. The highest BCUT2D eigenvalue weighted by Gasteiger charge is 2.35. The van der Waals surface area contributed by atoms with Gasteiger partial charge in [0, 0.05) is 30.0 Å². The molecule has 20 heavy (non-hydrogen) atoms. The zero-order valence-corrected chi connectivity index (χ0v) is 11.2. The van der Waals surface area contributed by atoms with Gasteiger partial charge in [-0.25, -0.2) is 9.97 Å². The van der Waals surface area contributed by atoms with Crippen LogP contribution in [0.3, 0.4) is 0 Å². The highest BCUT2D eigenvalue weighted by atomic mass is 19.4. The first-order valence-corrected chi connectivity index (χ1v) is 6.77. The van der Waals surface area contributed by atoms with Crippen LogP contribution in [0.2, 0.25) is 0 Å². The van der Waals surface area contributed by atoms with Crippen LogP contribution < -0.4 is 0 Å². The summed E-state index contributed by atoms with van der Waals surface area (Å²) in [5.74, 6) is -1.07. The molecule has 1 aromatic rings. The molecule has 0 saturated carbocycles. The summed E-state index contributed by atoms with van der Waals surface area (Å²) < 4.78 is 37.4. The normalized spacial score (nSPS) is 27.3. The molecule has 2 bridgehead atoms. The van der Waals surface area contributed by atoms with Gasteiger partial charge in [0.2, 0.25) is 5.82 Å². The van der Waals surface area contributed by atoms with Crippen molar-refractivity contribution < 1.29 is 13.2 Å². The summed E-state index contributed by atoms with van der Waals surface area (Å²) in [5.41, 5.74) is 1.79. The summed E-state index contributed by atoms with van der Waals surface area (Å²) >= 11 is 0. The van der Waals surface area contributed by atoms with Crippen molar-refractivity contribution in [2.45, 2.75) is 43.9 Å². The first kappa shape index (κ1) is 13.5. The lowest BCUT2D eigenvalue weighted by Gasteiger charge is -2.42. The number of hydrogen-bond donors (Lipinski definition) is 0. The Bertz CT molecular complexity index is 521. The lowest BCUT2D eigenvalue weighted by molar-refractivity contribution is -0.145. The first-order valence-electron chi connectivity index (χ1n) is 6.77. The second-order valence-electron chi connectivity index (χ2n) is 5.51. The summed E-state index contributed by atoms with van der Waals surface area (Å²) in [7, 11) is 2.12. The zero-order valence-electron chi connectivity index (χ0n) is 11.2. The maximum atomic E-state index is 12.5. The fraction of sp³-hybridized carbons (Fsp3) is 0.571. The van der Waals surface area contributed by atoms with E-state index in [0.29, 0.717) is 17.6 Å². The van der Waals surface area contributed by atoms with E-state index in [9.17, 15) is 13.2 Å². The molecular weight excluding hydrogens is 267 g/mol. The van der Waals surface area contributed by atoms with Gasteiger partial charge in [-0.3, -0.25) is 4.90 Å². The van der Waals surface area contributed by atoms with E-state index in [1.54, 1.807) is 0 Å². The van der Waals surface area contributed by atoms with Gasteiger partial charge in [-0.05, 0) is 31.9 Å². The van der Waals surface area contributed by atoms with Crippen LogP contribution in [0.15, 0.2) is 18.5 Å². The Kier molecular flexibility index (Phi) is 3.28. The van der Waals surface area contributed by atoms with Gasteiger partial charge in [-0.2, -0.15) is 13.2 Å². The summed E-state index contributed by atoms with van der Waals surface area (Å²) in [5, 5.41) is 0.